The molecule has 1 aromatic carbocycles. The molecule has 9 heteroatoms. The Balaban J connectivity index is 1.98. The van der Waals surface area contributed by atoms with Crippen molar-refractivity contribution in [2.45, 2.75) is 11.1 Å². The highest BCUT2D eigenvalue weighted by molar-refractivity contribution is 7.89. The zero-order valence-corrected chi connectivity index (χ0v) is 14.6. The molecule has 142 valence electrons. The number of allylic oxidation sites excluding steroid dienone is 2. The molecule has 0 fully saturated rings. The second-order valence-corrected chi connectivity index (χ2v) is 7.57. The monoisotopic (exact) mass is 396 g/mol. The smallest absolute Gasteiger partial charge is 0.395 e. The van der Waals surface area contributed by atoms with Crippen LogP contribution in [-0.2, 0) is 16.2 Å². The van der Waals surface area contributed by atoms with Crippen molar-refractivity contribution in [3.63, 3.8) is 0 Å². The van der Waals surface area contributed by atoms with Crippen molar-refractivity contribution in [1.82, 2.24) is 4.98 Å². The van der Waals surface area contributed by atoms with E-state index in [1.807, 2.05) is 0 Å². The summed E-state index contributed by atoms with van der Waals surface area (Å²) in [4.78, 5) is 3.42. The average Bonchev–Trinajstić information content (AvgIpc) is 3.05. The number of hydrogen-bond acceptors (Lipinski definition) is 4. The van der Waals surface area contributed by atoms with Gasteiger partial charge in [-0.3, -0.25) is 4.98 Å². The van der Waals surface area contributed by atoms with Crippen molar-refractivity contribution in [2.75, 3.05) is 6.61 Å². The standard InChI is InChI=1S/C18H15F3N2O3S/c19-18(20,21)17-6-3-13(9-23-17)16-8-11(10-24)7-15(16)12-1-4-14(5-2-12)27(22,25)26/h1-9,11,24H,10H2,(H2,22,25,26). The van der Waals surface area contributed by atoms with Crippen LogP contribution in [0, 0.1) is 5.92 Å². The number of aliphatic hydroxyl groups excluding tert-OH is 1. The highest BCUT2D eigenvalue weighted by Crippen LogP contribution is 2.39. The van der Waals surface area contributed by atoms with Crippen molar-refractivity contribution in [1.29, 1.82) is 0 Å². The summed E-state index contributed by atoms with van der Waals surface area (Å²) in [6.45, 7) is -0.170. The number of benzene rings is 1. The van der Waals surface area contributed by atoms with Gasteiger partial charge in [0.2, 0.25) is 10.0 Å². The molecular weight excluding hydrogens is 381 g/mol. The molecule has 3 rings (SSSR count). The van der Waals surface area contributed by atoms with E-state index in [1.165, 1.54) is 18.2 Å². The average molecular weight is 396 g/mol. The van der Waals surface area contributed by atoms with Crippen molar-refractivity contribution in [3.8, 4) is 0 Å². The van der Waals surface area contributed by atoms with E-state index >= 15 is 0 Å². The van der Waals surface area contributed by atoms with Gasteiger partial charge in [-0.2, -0.15) is 13.2 Å². The number of hydrogen-bond donors (Lipinski definition) is 2. The molecule has 0 radical (unpaired) electrons. The Morgan fingerprint density at radius 3 is 2.00 bits per heavy atom. The SMILES string of the molecule is NS(=O)(=O)c1ccc(C2=CC(CO)C=C2c2ccc(C(F)(F)F)nc2)cc1. The molecule has 3 N–H and O–H groups in total. The van der Waals surface area contributed by atoms with Crippen LogP contribution in [0.3, 0.4) is 0 Å². The number of primary sulfonamides is 1. The summed E-state index contributed by atoms with van der Waals surface area (Å²) in [6, 6.07) is 8.01. The number of sulfonamides is 1. The van der Waals surface area contributed by atoms with Gasteiger partial charge in [0.15, 0.2) is 0 Å². The van der Waals surface area contributed by atoms with Gasteiger partial charge < -0.3 is 5.11 Å². The van der Waals surface area contributed by atoms with E-state index in [4.69, 9.17) is 5.14 Å². The van der Waals surface area contributed by atoms with E-state index in [9.17, 15) is 26.7 Å². The Morgan fingerprint density at radius 1 is 1.00 bits per heavy atom. The first kappa shape index (κ1) is 19.3. The van der Waals surface area contributed by atoms with Crippen molar-refractivity contribution >= 4 is 21.2 Å². The molecule has 0 aliphatic heterocycles. The molecule has 1 aliphatic carbocycles. The molecule has 0 amide bonds. The third-order valence-electron chi connectivity index (χ3n) is 4.12. The quantitative estimate of drug-likeness (QED) is 0.831. The molecule has 5 nitrogen and oxygen atoms in total. The minimum absolute atomic E-state index is 0.0507. The van der Waals surface area contributed by atoms with E-state index < -0.39 is 21.9 Å². The summed E-state index contributed by atoms with van der Waals surface area (Å²) in [5.41, 5.74) is 1.38. The van der Waals surface area contributed by atoms with Gasteiger partial charge in [-0.25, -0.2) is 13.6 Å². The third kappa shape index (κ3) is 4.10. The summed E-state index contributed by atoms with van der Waals surface area (Å²) in [7, 11) is -3.83. The number of aromatic nitrogens is 1. The van der Waals surface area contributed by atoms with Crippen LogP contribution < -0.4 is 5.14 Å². The molecule has 2 aromatic rings. The fourth-order valence-electron chi connectivity index (χ4n) is 2.81. The summed E-state index contributed by atoms with van der Waals surface area (Å²) in [5.74, 6) is -0.310. The van der Waals surface area contributed by atoms with Gasteiger partial charge >= 0.3 is 6.18 Å². The van der Waals surface area contributed by atoms with Crippen LogP contribution in [-0.4, -0.2) is 25.1 Å². The summed E-state index contributed by atoms with van der Waals surface area (Å²) >= 11 is 0. The van der Waals surface area contributed by atoms with Gasteiger partial charge in [-0.15, -0.1) is 0 Å². The Bertz CT molecular complexity index is 1010. The van der Waals surface area contributed by atoms with Crippen LogP contribution in [0.5, 0.6) is 0 Å². The number of halogens is 3. The van der Waals surface area contributed by atoms with E-state index in [2.05, 4.69) is 4.98 Å². The first-order chi connectivity index (χ1) is 12.6. The molecule has 1 aromatic heterocycles. The predicted molar refractivity (Wildman–Crippen MR) is 93.6 cm³/mol. The van der Waals surface area contributed by atoms with Gasteiger partial charge in [0.1, 0.15) is 5.69 Å². The molecular formula is C18H15F3N2O3S. The maximum Gasteiger partial charge on any atom is 0.433 e. The number of aliphatic hydroxyl groups is 1. The molecule has 1 heterocycles. The lowest BCUT2D eigenvalue weighted by Gasteiger charge is -2.11. The van der Waals surface area contributed by atoms with E-state index in [-0.39, 0.29) is 17.4 Å². The van der Waals surface area contributed by atoms with E-state index in [0.29, 0.717) is 22.3 Å². The number of nitrogens with zero attached hydrogens (tertiary/aromatic N) is 1. The minimum Gasteiger partial charge on any atom is -0.395 e. The van der Waals surface area contributed by atoms with Crippen LogP contribution in [0.1, 0.15) is 16.8 Å². The molecule has 1 atom stereocenters. The molecule has 27 heavy (non-hydrogen) atoms. The molecule has 1 aliphatic rings. The number of pyridine rings is 1. The predicted octanol–water partition coefficient (Wildman–Crippen LogP) is 2.84. The summed E-state index contributed by atoms with van der Waals surface area (Å²) < 4.78 is 60.9. The molecule has 1 unspecified atom stereocenters. The maximum absolute atomic E-state index is 12.7. The molecule has 0 spiro atoms. The first-order valence-electron chi connectivity index (χ1n) is 7.81. The fraction of sp³-hybridized carbons (Fsp3) is 0.167. The summed E-state index contributed by atoms with van der Waals surface area (Å²) in [5, 5.41) is 14.5. The largest absolute Gasteiger partial charge is 0.433 e. The highest BCUT2D eigenvalue weighted by atomic mass is 32.2. The van der Waals surface area contributed by atoms with Gasteiger partial charge in [0, 0.05) is 17.7 Å². The fourth-order valence-corrected chi connectivity index (χ4v) is 3.33. The lowest BCUT2D eigenvalue weighted by molar-refractivity contribution is -0.141. The van der Waals surface area contributed by atoms with Crippen LogP contribution >= 0.6 is 0 Å². The Morgan fingerprint density at radius 2 is 1.56 bits per heavy atom. The lowest BCUT2D eigenvalue weighted by Crippen LogP contribution is -2.11. The molecule has 0 saturated carbocycles. The maximum atomic E-state index is 12.7. The zero-order chi connectivity index (χ0) is 19.8. The van der Waals surface area contributed by atoms with Gasteiger partial charge in [0.25, 0.3) is 0 Å². The van der Waals surface area contributed by atoms with Crippen molar-refractivity contribution in [2.24, 2.45) is 11.1 Å². The number of nitrogens with two attached hydrogens (primary N) is 1. The van der Waals surface area contributed by atoms with E-state index in [1.54, 1.807) is 24.3 Å². The van der Waals surface area contributed by atoms with Crippen LogP contribution in [0.4, 0.5) is 13.2 Å². The van der Waals surface area contributed by atoms with Gasteiger partial charge in [-0.1, -0.05) is 30.4 Å². The topological polar surface area (TPSA) is 93.3 Å². The second-order valence-electron chi connectivity index (χ2n) is 6.01. The van der Waals surface area contributed by atoms with Crippen LogP contribution in [0.15, 0.2) is 59.6 Å². The highest BCUT2D eigenvalue weighted by Gasteiger charge is 2.32. The van der Waals surface area contributed by atoms with Gasteiger partial charge in [0.05, 0.1) is 11.5 Å². The van der Waals surface area contributed by atoms with Gasteiger partial charge in [-0.05, 0) is 34.9 Å². The molecule has 0 saturated heterocycles. The third-order valence-corrected chi connectivity index (χ3v) is 5.05. The first-order valence-corrected chi connectivity index (χ1v) is 9.36. The summed E-state index contributed by atoms with van der Waals surface area (Å²) in [6.07, 6.45) is 0.0888. The van der Waals surface area contributed by atoms with E-state index in [0.717, 1.165) is 12.3 Å². The minimum atomic E-state index is -4.53. The molecule has 0 bridgehead atoms. The van der Waals surface area contributed by atoms with Crippen LogP contribution in [0.25, 0.3) is 11.1 Å². The Kier molecular flexibility index (Phi) is 4.94. The Hall–Kier alpha value is -2.49. The second kappa shape index (κ2) is 6.91. The number of rotatable bonds is 4. The normalized spacial score (nSPS) is 17.6. The van der Waals surface area contributed by atoms with Crippen LogP contribution in [0.2, 0.25) is 0 Å². The Labute approximate surface area is 153 Å². The van der Waals surface area contributed by atoms with Crippen molar-refractivity contribution in [3.05, 3.63) is 71.6 Å². The number of alkyl halides is 3. The zero-order valence-electron chi connectivity index (χ0n) is 13.8. The van der Waals surface area contributed by atoms with Crippen molar-refractivity contribution < 1.29 is 26.7 Å². The lowest BCUT2D eigenvalue weighted by atomic mass is 9.96.